The van der Waals surface area contributed by atoms with Crippen molar-refractivity contribution in [3.63, 3.8) is 0 Å². The molecule has 0 spiro atoms. The lowest BCUT2D eigenvalue weighted by Crippen LogP contribution is -2.49. The van der Waals surface area contributed by atoms with Crippen LogP contribution in [0.3, 0.4) is 0 Å². The molecular formula is C13H18FN3OS. The zero-order valence-electron chi connectivity index (χ0n) is 11.0. The van der Waals surface area contributed by atoms with Crippen LogP contribution in [0.25, 0.3) is 0 Å². The van der Waals surface area contributed by atoms with Gasteiger partial charge >= 0.3 is 0 Å². The monoisotopic (exact) mass is 283 g/mol. The van der Waals surface area contributed by atoms with E-state index in [1.165, 1.54) is 12.3 Å². The maximum atomic E-state index is 13.5. The van der Waals surface area contributed by atoms with Crippen LogP contribution in [0.1, 0.15) is 10.4 Å². The van der Waals surface area contributed by atoms with Crippen molar-refractivity contribution < 1.29 is 9.18 Å². The van der Waals surface area contributed by atoms with Crippen molar-refractivity contribution in [1.29, 1.82) is 0 Å². The third kappa shape index (κ3) is 3.67. The van der Waals surface area contributed by atoms with Gasteiger partial charge in [0.2, 0.25) is 0 Å². The highest BCUT2D eigenvalue weighted by Gasteiger charge is 2.23. The van der Waals surface area contributed by atoms with Crippen molar-refractivity contribution in [2.45, 2.75) is 0 Å². The second-order valence-corrected chi connectivity index (χ2v) is 5.47. The van der Waals surface area contributed by atoms with Gasteiger partial charge in [0.15, 0.2) is 5.82 Å². The zero-order valence-corrected chi connectivity index (χ0v) is 11.8. The first-order chi connectivity index (χ1) is 9.22. The van der Waals surface area contributed by atoms with Gasteiger partial charge in [-0.25, -0.2) is 4.39 Å². The molecule has 0 radical (unpaired) electrons. The lowest BCUT2D eigenvalue weighted by Gasteiger charge is -2.34. The van der Waals surface area contributed by atoms with Crippen molar-refractivity contribution in [3.05, 3.63) is 29.8 Å². The summed E-state index contributed by atoms with van der Waals surface area (Å²) in [5, 5.41) is 0. The number of carbonyl (C=O) groups is 1. The molecule has 19 heavy (non-hydrogen) atoms. The summed E-state index contributed by atoms with van der Waals surface area (Å²) in [6.45, 7) is 4.09. The first-order valence-electron chi connectivity index (χ1n) is 6.32. The molecule has 2 heterocycles. The van der Waals surface area contributed by atoms with Crippen LogP contribution in [-0.4, -0.2) is 65.4 Å². The number of amides is 1. The fourth-order valence-electron chi connectivity index (χ4n) is 2.11. The summed E-state index contributed by atoms with van der Waals surface area (Å²) < 4.78 is 13.5. The summed E-state index contributed by atoms with van der Waals surface area (Å²) in [7, 11) is 0. The molecule has 4 nitrogen and oxygen atoms in total. The Bertz CT molecular complexity index is 436. The molecule has 104 valence electrons. The molecule has 1 aromatic heterocycles. The Kier molecular flexibility index (Phi) is 5.15. The standard InChI is InChI=1S/C13H18FN3OS/c1-19-9-8-16-4-6-17(7-5-16)13(18)11-2-3-15-10-12(11)14/h2-3,10H,4-9H2,1H3. The van der Waals surface area contributed by atoms with E-state index in [1.807, 2.05) is 11.8 Å². The molecule has 1 aliphatic rings. The Labute approximate surface area is 117 Å². The third-order valence-electron chi connectivity index (χ3n) is 3.27. The number of nitrogens with zero attached hydrogens (tertiary/aromatic N) is 3. The van der Waals surface area contributed by atoms with E-state index in [-0.39, 0.29) is 11.5 Å². The van der Waals surface area contributed by atoms with Gasteiger partial charge in [0.25, 0.3) is 5.91 Å². The molecular weight excluding hydrogens is 265 g/mol. The maximum absolute atomic E-state index is 13.5. The largest absolute Gasteiger partial charge is 0.336 e. The van der Waals surface area contributed by atoms with E-state index >= 15 is 0 Å². The maximum Gasteiger partial charge on any atom is 0.257 e. The van der Waals surface area contributed by atoms with Crippen LogP contribution >= 0.6 is 11.8 Å². The normalized spacial score (nSPS) is 16.6. The zero-order chi connectivity index (χ0) is 13.7. The van der Waals surface area contributed by atoms with Crippen LogP contribution < -0.4 is 0 Å². The second kappa shape index (κ2) is 6.86. The third-order valence-corrected chi connectivity index (χ3v) is 3.86. The summed E-state index contributed by atoms with van der Waals surface area (Å²) in [6.07, 6.45) is 4.62. The van der Waals surface area contributed by atoms with E-state index in [0.717, 1.165) is 31.6 Å². The van der Waals surface area contributed by atoms with Crippen LogP contribution in [0, 0.1) is 5.82 Å². The van der Waals surface area contributed by atoms with Gasteiger partial charge in [0, 0.05) is 44.7 Å². The summed E-state index contributed by atoms with van der Waals surface area (Å²) in [6, 6.07) is 1.44. The molecule has 1 fully saturated rings. The van der Waals surface area contributed by atoms with Crippen molar-refractivity contribution in [2.75, 3.05) is 44.7 Å². The first-order valence-corrected chi connectivity index (χ1v) is 7.72. The van der Waals surface area contributed by atoms with Crippen molar-refractivity contribution in [3.8, 4) is 0 Å². The number of piperazine rings is 1. The van der Waals surface area contributed by atoms with Gasteiger partial charge in [-0.2, -0.15) is 11.8 Å². The van der Waals surface area contributed by atoms with Gasteiger partial charge < -0.3 is 4.90 Å². The Hall–Kier alpha value is -1.14. The van der Waals surface area contributed by atoms with Gasteiger partial charge in [-0.15, -0.1) is 0 Å². The minimum absolute atomic E-state index is 0.118. The Morgan fingerprint density at radius 3 is 2.79 bits per heavy atom. The number of hydrogen-bond donors (Lipinski definition) is 0. The van der Waals surface area contributed by atoms with E-state index in [2.05, 4.69) is 16.1 Å². The lowest BCUT2D eigenvalue weighted by atomic mass is 10.2. The van der Waals surface area contributed by atoms with E-state index in [9.17, 15) is 9.18 Å². The van der Waals surface area contributed by atoms with Crippen molar-refractivity contribution >= 4 is 17.7 Å². The van der Waals surface area contributed by atoms with Crippen LogP contribution in [0.15, 0.2) is 18.5 Å². The highest BCUT2D eigenvalue weighted by atomic mass is 32.2. The topological polar surface area (TPSA) is 36.4 Å². The van der Waals surface area contributed by atoms with Crippen LogP contribution in [0.5, 0.6) is 0 Å². The summed E-state index contributed by atoms with van der Waals surface area (Å²) >= 11 is 1.82. The molecule has 0 N–H and O–H groups in total. The van der Waals surface area contributed by atoms with Crippen LogP contribution in [-0.2, 0) is 0 Å². The second-order valence-electron chi connectivity index (χ2n) is 4.48. The van der Waals surface area contributed by atoms with Gasteiger partial charge in [-0.1, -0.05) is 0 Å². The van der Waals surface area contributed by atoms with E-state index in [4.69, 9.17) is 0 Å². The predicted molar refractivity (Wildman–Crippen MR) is 74.9 cm³/mol. The first kappa shape index (κ1) is 14.3. The minimum atomic E-state index is -0.544. The molecule has 6 heteroatoms. The average Bonchev–Trinajstić information content (AvgIpc) is 2.45. The number of rotatable bonds is 4. The quantitative estimate of drug-likeness (QED) is 0.835. The van der Waals surface area contributed by atoms with Crippen molar-refractivity contribution in [1.82, 2.24) is 14.8 Å². The highest BCUT2D eigenvalue weighted by Crippen LogP contribution is 2.11. The number of thioether (sulfide) groups is 1. The van der Waals surface area contributed by atoms with Gasteiger partial charge in [0.05, 0.1) is 11.8 Å². The number of aromatic nitrogens is 1. The molecule has 2 rings (SSSR count). The molecule has 0 unspecified atom stereocenters. The fourth-order valence-corrected chi connectivity index (χ4v) is 2.55. The van der Waals surface area contributed by atoms with Gasteiger partial charge in [0.1, 0.15) is 0 Å². The minimum Gasteiger partial charge on any atom is -0.336 e. The lowest BCUT2D eigenvalue weighted by molar-refractivity contribution is 0.0640. The smallest absolute Gasteiger partial charge is 0.257 e. The average molecular weight is 283 g/mol. The molecule has 1 saturated heterocycles. The summed E-state index contributed by atoms with van der Waals surface area (Å²) in [5.74, 6) is 0.328. The number of hydrogen-bond acceptors (Lipinski definition) is 4. The Morgan fingerprint density at radius 2 is 2.16 bits per heavy atom. The summed E-state index contributed by atoms with van der Waals surface area (Å²) in [5.41, 5.74) is 0.118. The summed E-state index contributed by atoms with van der Waals surface area (Å²) in [4.78, 5) is 19.9. The molecule has 1 aromatic rings. The Morgan fingerprint density at radius 1 is 1.42 bits per heavy atom. The SMILES string of the molecule is CSCCN1CCN(C(=O)c2ccncc2F)CC1. The number of carbonyl (C=O) groups excluding carboxylic acids is 1. The fraction of sp³-hybridized carbons (Fsp3) is 0.538. The van der Waals surface area contributed by atoms with E-state index < -0.39 is 5.82 Å². The molecule has 0 saturated carbocycles. The molecule has 0 aromatic carbocycles. The molecule has 1 amide bonds. The number of pyridine rings is 1. The van der Waals surface area contributed by atoms with Crippen LogP contribution in [0.4, 0.5) is 4.39 Å². The van der Waals surface area contributed by atoms with Gasteiger partial charge in [-0.05, 0) is 12.3 Å². The Balaban J connectivity index is 1.91. The van der Waals surface area contributed by atoms with Crippen LogP contribution in [0.2, 0.25) is 0 Å². The molecule has 1 aliphatic heterocycles. The predicted octanol–water partition coefficient (Wildman–Crippen LogP) is 1.34. The molecule has 0 bridgehead atoms. The van der Waals surface area contributed by atoms with E-state index in [0.29, 0.717) is 13.1 Å². The van der Waals surface area contributed by atoms with Crippen molar-refractivity contribution in [2.24, 2.45) is 0 Å². The molecule has 0 atom stereocenters. The van der Waals surface area contributed by atoms with Gasteiger partial charge in [-0.3, -0.25) is 14.7 Å². The number of halogens is 1. The van der Waals surface area contributed by atoms with E-state index in [1.54, 1.807) is 4.90 Å². The highest BCUT2D eigenvalue weighted by molar-refractivity contribution is 7.98. The molecule has 0 aliphatic carbocycles.